The van der Waals surface area contributed by atoms with Gasteiger partial charge in [-0.1, -0.05) is 56.3 Å². The van der Waals surface area contributed by atoms with Crippen LogP contribution in [-0.4, -0.2) is 87.6 Å². The third-order valence-corrected chi connectivity index (χ3v) is 11.1. The highest BCUT2D eigenvalue weighted by atomic mass is 28.4. The molecule has 0 heterocycles. The molecule has 0 aliphatic heterocycles. The quantitative estimate of drug-likeness (QED) is 0.0282. The molecule has 0 aliphatic rings. The summed E-state index contributed by atoms with van der Waals surface area (Å²) >= 11 is 0. The van der Waals surface area contributed by atoms with Gasteiger partial charge < -0.3 is 33.4 Å². The van der Waals surface area contributed by atoms with E-state index in [4.69, 9.17) is 28.3 Å². The SMILES string of the molecule is CCCCCC/C(CCCCCC/C=C/C(O[Si](C)(C)C)C(O[Si](C)(C)C)C(O[Si](C)(C)C)C(N)(CO[Si](C)(C)C)C(=O)O)=N/OC. The molecule has 0 spiro atoms. The molecule has 0 rings (SSSR count). The van der Waals surface area contributed by atoms with Gasteiger partial charge in [0.15, 0.2) is 38.8 Å². The lowest BCUT2D eigenvalue weighted by Crippen LogP contribution is -2.70. The number of allylic oxidation sites excluding steroid dienone is 1. The maximum absolute atomic E-state index is 13.0. The van der Waals surface area contributed by atoms with Gasteiger partial charge in [0.1, 0.15) is 19.3 Å². The maximum Gasteiger partial charge on any atom is 0.328 e. The Bertz CT molecular complexity index is 941. The second-order valence-corrected chi connectivity index (χ2v) is 34.7. The molecule has 278 valence electrons. The highest BCUT2D eigenvalue weighted by molar-refractivity contribution is 6.71. The summed E-state index contributed by atoms with van der Waals surface area (Å²) in [5, 5.41) is 14.9. The topological polar surface area (TPSA) is 122 Å². The molecule has 0 amide bonds. The predicted octanol–water partition coefficient (Wildman–Crippen LogP) is 9.15. The highest BCUT2D eigenvalue weighted by Crippen LogP contribution is 2.31. The Balaban J connectivity index is 6.05. The largest absolute Gasteiger partial charge is 0.480 e. The van der Waals surface area contributed by atoms with Crippen LogP contribution in [0.4, 0.5) is 0 Å². The summed E-state index contributed by atoms with van der Waals surface area (Å²) in [5.74, 6) is -1.15. The smallest absolute Gasteiger partial charge is 0.328 e. The molecule has 0 aromatic carbocycles. The van der Waals surface area contributed by atoms with E-state index in [-0.39, 0.29) is 6.61 Å². The van der Waals surface area contributed by atoms with Crippen LogP contribution in [0.15, 0.2) is 17.3 Å². The molecule has 3 N–H and O–H groups in total. The molecule has 0 saturated carbocycles. The van der Waals surface area contributed by atoms with Gasteiger partial charge in [0.05, 0.1) is 18.4 Å². The number of aliphatic carboxylic acids is 1. The zero-order chi connectivity index (χ0) is 36.5. The summed E-state index contributed by atoms with van der Waals surface area (Å²) in [6.45, 7) is 27.0. The molecular weight excluding hydrogens is 661 g/mol. The molecule has 9 nitrogen and oxygen atoms in total. The number of hydrogen-bond donors (Lipinski definition) is 2. The number of hydrogen-bond acceptors (Lipinski definition) is 8. The van der Waals surface area contributed by atoms with E-state index >= 15 is 0 Å². The lowest BCUT2D eigenvalue weighted by atomic mass is 9.88. The Morgan fingerprint density at radius 3 is 1.72 bits per heavy atom. The summed E-state index contributed by atoms with van der Waals surface area (Å²) in [4.78, 5) is 18.1. The van der Waals surface area contributed by atoms with Gasteiger partial charge in [-0.25, -0.2) is 0 Å². The second kappa shape index (κ2) is 21.5. The van der Waals surface area contributed by atoms with Crippen molar-refractivity contribution in [2.75, 3.05) is 13.7 Å². The molecule has 4 atom stereocenters. The van der Waals surface area contributed by atoms with Gasteiger partial charge in [-0.05, 0) is 117 Å². The average molecular weight is 735 g/mol. The Morgan fingerprint density at radius 2 is 1.28 bits per heavy atom. The molecule has 0 bridgehead atoms. The zero-order valence-electron chi connectivity index (χ0n) is 32.8. The number of rotatable bonds is 27. The number of carboxylic acid groups (broad SMARTS) is 1. The fraction of sp³-hybridized carbons (Fsp3) is 0.882. The standard InChI is InChI=1S/C34H74N2O7Si4/c1-15-16-17-22-25-29(36-39-2)26-23-20-18-19-21-24-27-30(41-45(6,7)8)31(42-46(9,10)11)32(43-47(12,13)14)34(35,33(37)38)28-40-44(3,4)5/h24,27,30-32H,15-23,25-26,28,35H2,1-14H3,(H,37,38)/b27-24+,36-29-. The van der Waals surface area contributed by atoms with Crippen molar-refractivity contribution in [3.05, 3.63) is 12.2 Å². The van der Waals surface area contributed by atoms with Crippen LogP contribution in [0.2, 0.25) is 78.6 Å². The van der Waals surface area contributed by atoms with E-state index in [2.05, 4.69) is 63.5 Å². The average Bonchev–Trinajstić information content (AvgIpc) is 2.90. The number of carbonyl (C=O) groups is 1. The van der Waals surface area contributed by atoms with E-state index in [1.807, 2.05) is 39.3 Å². The Kier molecular flexibility index (Phi) is 21.2. The normalized spacial score (nSPS) is 17.0. The minimum absolute atomic E-state index is 0.155. The van der Waals surface area contributed by atoms with Gasteiger partial charge in [0, 0.05) is 0 Å². The number of unbranched alkanes of at least 4 members (excludes halogenated alkanes) is 7. The molecule has 0 aromatic rings. The molecule has 0 aliphatic carbocycles. The van der Waals surface area contributed by atoms with E-state index in [0.717, 1.165) is 44.9 Å². The Labute approximate surface area is 293 Å². The molecule has 13 heteroatoms. The Morgan fingerprint density at radius 1 is 0.766 bits per heavy atom. The summed E-state index contributed by atoms with van der Waals surface area (Å²) in [6, 6.07) is 0. The van der Waals surface area contributed by atoms with Crippen molar-refractivity contribution in [1.82, 2.24) is 0 Å². The van der Waals surface area contributed by atoms with E-state index in [1.165, 1.54) is 31.4 Å². The molecular formula is C34H74N2O7Si4. The van der Waals surface area contributed by atoms with E-state index in [9.17, 15) is 9.90 Å². The summed E-state index contributed by atoms with van der Waals surface area (Å²) in [7, 11) is -7.12. The molecule has 0 saturated heterocycles. The number of carboxylic acids is 1. The van der Waals surface area contributed by atoms with Gasteiger partial charge in [-0.3, -0.25) is 4.79 Å². The predicted molar refractivity (Wildman–Crippen MR) is 209 cm³/mol. The van der Waals surface area contributed by atoms with Gasteiger partial charge in [0.25, 0.3) is 0 Å². The molecule has 0 fully saturated rings. The van der Waals surface area contributed by atoms with Crippen LogP contribution in [0.3, 0.4) is 0 Å². The second-order valence-electron chi connectivity index (χ2n) is 16.8. The van der Waals surface area contributed by atoms with Crippen LogP contribution in [0.1, 0.15) is 77.6 Å². The number of nitrogens with zero attached hydrogens (tertiary/aromatic N) is 1. The lowest BCUT2D eigenvalue weighted by molar-refractivity contribution is -0.154. The summed E-state index contributed by atoms with van der Waals surface area (Å²) in [6.07, 6.45) is 14.3. The van der Waals surface area contributed by atoms with Crippen molar-refractivity contribution < 1.29 is 32.4 Å². The van der Waals surface area contributed by atoms with Crippen molar-refractivity contribution in [3.8, 4) is 0 Å². The fourth-order valence-corrected chi connectivity index (χ4v) is 8.94. The van der Waals surface area contributed by atoms with Gasteiger partial charge >= 0.3 is 5.97 Å². The van der Waals surface area contributed by atoms with Crippen LogP contribution < -0.4 is 5.73 Å². The van der Waals surface area contributed by atoms with Crippen LogP contribution in [0, 0.1) is 0 Å². The molecule has 47 heavy (non-hydrogen) atoms. The van der Waals surface area contributed by atoms with Crippen molar-refractivity contribution in [2.45, 2.75) is 180 Å². The van der Waals surface area contributed by atoms with Crippen LogP contribution in [-0.2, 0) is 27.3 Å². The molecule has 4 unspecified atom stereocenters. The molecule has 0 radical (unpaired) electrons. The minimum atomic E-state index is -2.31. The Hall–Kier alpha value is -0.652. The van der Waals surface area contributed by atoms with E-state index in [1.54, 1.807) is 7.11 Å². The van der Waals surface area contributed by atoms with Crippen molar-refractivity contribution in [1.29, 1.82) is 0 Å². The summed E-state index contributed by atoms with van der Waals surface area (Å²) < 4.78 is 26.5. The first-order chi connectivity index (χ1) is 21.4. The van der Waals surface area contributed by atoms with Crippen LogP contribution in [0.5, 0.6) is 0 Å². The minimum Gasteiger partial charge on any atom is -0.480 e. The maximum atomic E-state index is 13.0. The van der Waals surface area contributed by atoms with Gasteiger partial charge in [-0.15, -0.1) is 0 Å². The zero-order valence-corrected chi connectivity index (χ0v) is 36.8. The van der Waals surface area contributed by atoms with Crippen molar-refractivity contribution in [2.24, 2.45) is 10.9 Å². The van der Waals surface area contributed by atoms with Crippen molar-refractivity contribution in [3.63, 3.8) is 0 Å². The number of nitrogens with two attached hydrogens (primary N) is 1. The van der Waals surface area contributed by atoms with Crippen molar-refractivity contribution >= 4 is 45.0 Å². The summed E-state index contributed by atoms with van der Waals surface area (Å²) in [5.41, 5.74) is 6.22. The monoisotopic (exact) mass is 734 g/mol. The van der Waals surface area contributed by atoms with Crippen LogP contribution >= 0.6 is 0 Å². The van der Waals surface area contributed by atoms with Crippen LogP contribution in [0.25, 0.3) is 0 Å². The highest BCUT2D eigenvalue weighted by Gasteiger charge is 2.53. The molecule has 0 aromatic heterocycles. The first-order valence-corrected chi connectivity index (χ1v) is 31.5. The van der Waals surface area contributed by atoms with Gasteiger partial charge in [-0.2, -0.15) is 0 Å². The number of oxime groups is 1. The first-order valence-electron chi connectivity index (χ1n) is 17.9. The fourth-order valence-electron chi connectivity index (χ4n) is 5.06. The van der Waals surface area contributed by atoms with E-state index < -0.39 is 63.1 Å². The third-order valence-electron chi connectivity index (χ3n) is 7.18. The van der Waals surface area contributed by atoms with Gasteiger partial charge in [0.2, 0.25) is 0 Å². The third kappa shape index (κ3) is 22.6. The lowest BCUT2D eigenvalue weighted by Gasteiger charge is -2.46. The first kappa shape index (κ1) is 46.3. The van der Waals surface area contributed by atoms with E-state index in [0.29, 0.717) is 0 Å².